The highest BCUT2D eigenvalue weighted by molar-refractivity contribution is 6.09. The van der Waals surface area contributed by atoms with Crippen LogP contribution in [0.25, 0.3) is 88.0 Å². The van der Waals surface area contributed by atoms with Crippen molar-refractivity contribution >= 4 is 49.4 Å². The minimum atomic E-state index is 1.09. The molecule has 0 unspecified atom stereocenters. The fourth-order valence-electron chi connectivity index (χ4n) is 8.96. The van der Waals surface area contributed by atoms with Gasteiger partial charge in [-0.15, -0.1) is 0 Å². The summed E-state index contributed by atoms with van der Waals surface area (Å²) >= 11 is 0. The van der Waals surface area contributed by atoms with Crippen molar-refractivity contribution in [3.05, 3.63) is 249 Å². The molecule has 0 radical (unpaired) electrons. The van der Waals surface area contributed by atoms with E-state index in [2.05, 4.69) is 254 Å². The summed E-state index contributed by atoms with van der Waals surface area (Å²) in [7, 11) is 0. The quantitative estimate of drug-likeness (QED) is 0.139. The van der Waals surface area contributed by atoms with E-state index in [9.17, 15) is 0 Å². The zero-order chi connectivity index (χ0) is 40.5. The number of nitrogens with zero attached hydrogens (tertiary/aromatic N) is 1. The Morgan fingerprint density at radius 1 is 0.197 bits per heavy atom. The number of rotatable bonds is 8. The monoisotopic (exact) mass is 775 g/mol. The first-order valence-electron chi connectivity index (χ1n) is 21.0. The molecular formula is C60H41N. The van der Waals surface area contributed by atoms with Crippen molar-refractivity contribution in [2.24, 2.45) is 0 Å². The average Bonchev–Trinajstić information content (AvgIpc) is 3.34. The lowest BCUT2D eigenvalue weighted by molar-refractivity contribution is 1.28. The summed E-state index contributed by atoms with van der Waals surface area (Å²) in [6.45, 7) is 0. The Labute approximate surface area is 357 Å². The minimum absolute atomic E-state index is 1.09. The van der Waals surface area contributed by atoms with Crippen LogP contribution in [0.15, 0.2) is 249 Å². The van der Waals surface area contributed by atoms with Crippen molar-refractivity contribution in [3.8, 4) is 55.6 Å². The minimum Gasteiger partial charge on any atom is -0.310 e. The summed E-state index contributed by atoms with van der Waals surface area (Å²) in [6, 6.07) is 90.6. The molecule has 11 aromatic carbocycles. The first-order valence-corrected chi connectivity index (χ1v) is 21.0. The van der Waals surface area contributed by atoms with Gasteiger partial charge in [-0.1, -0.05) is 200 Å². The summed E-state index contributed by atoms with van der Waals surface area (Å²) in [5.74, 6) is 0. The van der Waals surface area contributed by atoms with Gasteiger partial charge in [0.05, 0.1) is 0 Å². The Hall–Kier alpha value is -8.00. The van der Waals surface area contributed by atoms with Crippen LogP contribution in [0.3, 0.4) is 0 Å². The van der Waals surface area contributed by atoms with Crippen LogP contribution in [0.2, 0.25) is 0 Å². The van der Waals surface area contributed by atoms with Crippen LogP contribution in [0.4, 0.5) is 17.1 Å². The number of fused-ring (bicyclic) bond motifs is 4. The van der Waals surface area contributed by atoms with Gasteiger partial charge in [-0.3, -0.25) is 0 Å². The molecule has 0 amide bonds. The maximum atomic E-state index is 2.39. The smallest absolute Gasteiger partial charge is 0.0468 e. The molecule has 0 aromatic heterocycles. The van der Waals surface area contributed by atoms with E-state index in [1.165, 1.54) is 88.0 Å². The molecule has 0 aliphatic carbocycles. The fraction of sp³-hybridized carbons (Fsp3) is 0. The van der Waals surface area contributed by atoms with E-state index in [1.54, 1.807) is 0 Å². The van der Waals surface area contributed by atoms with Gasteiger partial charge >= 0.3 is 0 Å². The number of hydrogen-bond acceptors (Lipinski definition) is 1. The second kappa shape index (κ2) is 15.6. The molecule has 0 heterocycles. The predicted octanol–water partition coefficient (Wildman–Crippen LogP) is 17.0. The molecule has 0 bridgehead atoms. The third-order valence-electron chi connectivity index (χ3n) is 12.1. The molecular weight excluding hydrogens is 735 g/mol. The Morgan fingerprint density at radius 2 is 0.623 bits per heavy atom. The number of benzene rings is 11. The summed E-state index contributed by atoms with van der Waals surface area (Å²) in [6.07, 6.45) is 0. The van der Waals surface area contributed by atoms with Crippen molar-refractivity contribution in [1.29, 1.82) is 0 Å². The molecule has 1 heteroatoms. The molecule has 0 atom stereocenters. The Morgan fingerprint density at radius 3 is 1.31 bits per heavy atom. The number of anilines is 3. The van der Waals surface area contributed by atoms with Crippen LogP contribution in [-0.4, -0.2) is 0 Å². The van der Waals surface area contributed by atoms with Crippen LogP contribution in [0.5, 0.6) is 0 Å². The molecule has 0 aliphatic rings. The largest absolute Gasteiger partial charge is 0.310 e. The lowest BCUT2D eigenvalue weighted by Gasteiger charge is -2.27. The number of hydrogen-bond donors (Lipinski definition) is 0. The Bertz CT molecular complexity index is 3330. The molecule has 61 heavy (non-hydrogen) atoms. The third kappa shape index (κ3) is 6.93. The predicted molar refractivity (Wildman–Crippen MR) is 261 cm³/mol. The molecule has 0 spiro atoms. The molecule has 0 saturated carbocycles. The molecule has 0 aliphatic heterocycles. The SMILES string of the molecule is c1ccc(-c2ccc(N(c3ccc(-c4ccccc4-c4ccccc4)cc3)c3ccc(-c4ccc5ccccc5c4)c(-c4ccc5ccc6ccccc6c5c4)c3)cc2)cc1. The lowest BCUT2D eigenvalue weighted by Crippen LogP contribution is -2.10. The van der Waals surface area contributed by atoms with Gasteiger partial charge in [-0.25, -0.2) is 0 Å². The maximum absolute atomic E-state index is 2.39. The van der Waals surface area contributed by atoms with Crippen molar-refractivity contribution in [1.82, 2.24) is 0 Å². The van der Waals surface area contributed by atoms with Gasteiger partial charge in [0.1, 0.15) is 0 Å². The van der Waals surface area contributed by atoms with Crippen LogP contribution in [0, 0.1) is 0 Å². The third-order valence-corrected chi connectivity index (χ3v) is 12.1. The molecule has 11 aromatic rings. The zero-order valence-electron chi connectivity index (χ0n) is 33.6. The zero-order valence-corrected chi connectivity index (χ0v) is 33.6. The first kappa shape index (κ1) is 36.1. The fourth-order valence-corrected chi connectivity index (χ4v) is 8.96. The highest BCUT2D eigenvalue weighted by Crippen LogP contribution is 2.43. The molecule has 0 saturated heterocycles. The van der Waals surface area contributed by atoms with E-state index in [1.807, 2.05) is 0 Å². The van der Waals surface area contributed by atoms with Crippen LogP contribution < -0.4 is 4.90 Å². The second-order valence-corrected chi connectivity index (χ2v) is 15.7. The van der Waals surface area contributed by atoms with Gasteiger partial charge in [-0.2, -0.15) is 0 Å². The van der Waals surface area contributed by atoms with Gasteiger partial charge in [0.25, 0.3) is 0 Å². The van der Waals surface area contributed by atoms with Gasteiger partial charge < -0.3 is 4.90 Å². The van der Waals surface area contributed by atoms with E-state index in [4.69, 9.17) is 0 Å². The van der Waals surface area contributed by atoms with Crippen molar-refractivity contribution in [2.45, 2.75) is 0 Å². The summed E-state index contributed by atoms with van der Waals surface area (Å²) in [4.78, 5) is 2.39. The van der Waals surface area contributed by atoms with Crippen LogP contribution >= 0.6 is 0 Å². The van der Waals surface area contributed by atoms with Gasteiger partial charge in [0.2, 0.25) is 0 Å². The van der Waals surface area contributed by atoms with Crippen LogP contribution in [0.1, 0.15) is 0 Å². The Kier molecular flexibility index (Phi) is 9.26. The van der Waals surface area contributed by atoms with Gasteiger partial charge in [0.15, 0.2) is 0 Å². The molecule has 286 valence electrons. The highest BCUT2D eigenvalue weighted by Gasteiger charge is 2.18. The van der Waals surface area contributed by atoms with Gasteiger partial charge in [0, 0.05) is 17.1 Å². The van der Waals surface area contributed by atoms with Crippen LogP contribution in [-0.2, 0) is 0 Å². The average molecular weight is 776 g/mol. The second-order valence-electron chi connectivity index (χ2n) is 15.7. The summed E-state index contributed by atoms with van der Waals surface area (Å²) < 4.78 is 0. The summed E-state index contributed by atoms with van der Waals surface area (Å²) in [5.41, 5.74) is 15.2. The lowest BCUT2D eigenvalue weighted by atomic mass is 9.90. The van der Waals surface area contributed by atoms with Crippen molar-refractivity contribution in [2.75, 3.05) is 4.90 Å². The van der Waals surface area contributed by atoms with E-state index in [-0.39, 0.29) is 0 Å². The molecule has 0 fully saturated rings. The van der Waals surface area contributed by atoms with Gasteiger partial charge in [-0.05, 0) is 136 Å². The standard InChI is InChI=1S/C60H41N/c1-3-13-42(14-4-1)44-29-33-52(34-30-44)61(53-35-31-47(32-36-53)56-21-12-11-20-55(56)45-16-5-2-6-17-45)54-37-38-58(50-27-23-43-15-7-8-19-49(43)39-50)60(41-54)51-28-26-48-25-24-46-18-9-10-22-57(46)59(48)40-51/h1-41H. The highest BCUT2D eigenvalue weighted by atomic mass is 15.1. The van der Waals surface area contributed by atoms with E-state index in [0.717, 1.165) is 17.1 Å². The molecule has 0 N–H and O–H groups in total. The van der Waals surface area contributed by atoms with Crippen molar-refractivity contribution in [3.63, 3.8) is 0 Å². The topological polar surface area (TPSA) is 3.24 Å². The first-order chi connectivity index (χ1) is 30.2. The maximum Gasteiger partial charge on any atom is 0.0468 e. The molecule has 11 rings (SSSR count). The van der Waals surface area contributed by atoms with E-state index >= 15 is 0 Å². The van der Waals surface area contributed by atoms with E-state index in [0.29, 0.717) is 0 Å². The van der Waals surface area contributed by atoms with Crippen molar-refractivity contribution < 1.29 is 0 Å². The normalized spacial score (nSPS) is 11.3. The van der Waals surface area contributed by atoms with E-state index < -0.39 is 0 Å². The molecule has 1 nitrogen and oxygen atoms in total. The summed E-state index contributed by atoms with van der Waals surface area (Å²) in [5, 5.41) is 7.47. The Balaban J connectivity index is 1.09.